The largest absolute Gasteiger partial charge is 0.495 e. The summed E-state index contributed by atoms with van der Waals surface area (Å²) in [4.78, 5) is 28.4. The van der Waals surface area contributed by atoms with E-state index < -0.39 is 0 Å². The van der Waals surface area contributed by atoms with E-state index in [1.165, 1.54) is 7.11 Å². The van der Waals surface area contributed by atoms with Crippen LogP contribution >= 0.6 is 0 Å². The highest BCUT2D eigenvalue weighted by molar-refractivity contribution is 5.98. The molecule has 0 radical (unpaired) electrons. The molecule has 2 amide bonds. The minimum Gasteiger partial charge on any atom is -0.495 e. The summed E-state index contributed by atoms with van der Waals surface area (Å²) in [5.41, 5.74) is 6.42. The third-order valence-electron chi connectivity index (χ3n) is 3.88. The predicted octanol–water partition coefficient (Wildman–Crippen LogP) is 0.370. The molecule has 0 spiro atoms. The number of rotatable bonds is 5. The SMILES string of the molecule is COc1ccc(C(=O)N2CCN(C)CC2)cc1NC(=O)CCN. The molecule has 0 bridgehead atoms. The average Bonchev–Trinajstić information content (AvgIpc) is 2.55. The highest BCUT2D eigenvalue weighted by atomic mass is 16.5. The molecular weight excluding hydrogens is 296 g/mol. The third-order valence-corrected chi connectivity index (χ3v) is 3.88. The lowest BCUT2D eigenvalue weighted by Gasteiger charge is -2.32. The molecule has 1 saturated heterocycles. The number of likely N-dealkylation sites (N-methyl/N-ethyl adjacent to an activating group) is 1. The lowest BCUT2D eigenvalue weighted by atomic mass is 10.1. The van der Waals surface area contributed by atoms with Crippen LogP contribution in [0.1, 0.15) is 16.8 Å². The van der Waals surface area contributed by atoms with Gasteiger partial charge in [-0.05, 0) is 25.2 Å². The summed E-state index contributed by atoms with van der Waals surface area (Å²) in [7, 11) is 3.57. The van der Waals surface area contributed by atoms with Crippen molar-refractivity contribution in [1.29, 1.82) is 0 Å². The summed E-state index contributed by atoms with van der Waals surface area (Å²) in [5.74, 6) is 0.287. The maximum absolute atomic E-state index is 12.6. The Morgan fingerprint density at radius 3 is 2.57 bits per heavy atom. The van der Waals surface area contributed by atoms with Gasteiger partial charge in [-0.2, -0.15) is 0 Å². The lowest BCUT2D eigenvalue weighted by molar-refractivity contribution is -0.116. The number of carbonyl (C=O) groups excluding carboxylic acids is 2. The normalized spacial score (nSPS) is 15.3. The number of methoxy groups -OCH3 is 1. The van der Waals surface area contributed by atoms with Crippen LogP contribution in [0, 0.1) is 0 Å². The topological polar surface area (TPSA) is 87.9 Å². The van der Waals surface area contributed by atoms with E-state index in [9.17, 15) is 9.59 Å². The smallest absolute Gasteiger partial charge is 0.254 e. The lowest BCUT2D eigenvalue weighted by Crippen LogP contribution is -2.47. The summed E-state index contributed by atoms with van der Waals surface area (Å²) in [6.07, 6.45) is 0.222. The first kappa shape index (κ1) is 17.2. The number of hydrogen-bond donors (Lipinski definition) is 2. The van der Waals surface area contributed by atoms with E-state index in [1.54, 1.807) is 18.2 Å². The van der Waals surface area contributed by atoms with E-state index in [2.05, 4.69) is 10.2 Å². The first-order valence-corrected chi connectivity index (χ1v) is 7.71. The van der Waals surface area contributed by atoms with Gasteiger partial charge < -0.3 is 25.6 Å². The Kier molecular flexibility index (Phi) is 5.95. The molecule has 0 saturated carbocycles. The van der Waals surface area contributed by atoms with Crippen LogP contribution in [0.15, 0.2) is 18.2 Å². The maximum Gasteiger partial charge on any atom is 0.254 e. The number of hydrogen-bond acceptors (Lipinski definition) is 5. The van der Waals surface area contributed by atoms with Crippen LogP contribution in [0.4, 0.5) is 5.69 Å². The number of piperazine rings is 1. The monoisotopic (exact) mass is 320 g/mol. The minimum atomic E-state index is -0.199. The van der Waals surface area contributed by atoms with Crippen molar-refractivity contribution >= 4 is 17.5 Å². The highest BCUT2D eigenvalue weighted by Crippen LogP contribution is 2.26. The molecule has 1 heterocycles. The van der Waals surface area contributed by atoms with Crippen LogP contribution in [-0.4, -0.2) is 68.5 Å². The Hall–Kier alpha value is -2.12. The fraction of sp³-hybridized carbons (Fsp3) is 0.500. The number of anilines is 1. The van der Waals surface area contributed by atoms with Gasteiger partial charge in [0.1, 0.15) is 5.75 Å². The molecule has 1 aliphatic heterocycles. The van der Waals surface area contributed by atoms with Crippen molar-refractivity contribution in [3.8, 4) is 5.75 Å². The molecule has 23 heavy (non-hydrogen) atoms. The van der Waals surface area contributed by atoms with E-state index in [4.69, 9.17) is 10.5 Å². The van der Waals surface area contributed by atoms with E-state index >= 15 is 0 Å². The zero-order valence-electron chi connectivity index (χ0n) is 13.7. The Balaban J connectivity index is 2.16. The van der Waals surface area contributed by atoms with Crippen LogP contribution in [0.2, 0.25) is 0 Å². The van der Waals surface area contributed by atoms with Crippen molar-refractivity contribution in [2.24, 2.45) is 5.73 Å². The van der Waals surface area contributed by atoms with E-state index in [-0.39, 0.29) is 24.8 Å². The zero-order valence-corrected chi connectivity index (χ0v) is 13.7. The van der Waals surface area contributed by atoms with E-state index in [0.29, 0.717) is 30.1 Å². The maximum atomic E-state index is 12.6. The van der Waals surface area contributed by atoms with Gasteiger partial charge in [0, 0.05) is 44.7 Å². The van der Waals surface area contributed by atoms with Gasteiger partial charge >= 0.3 is 0 Å². The first-order chi connectivity index (χ1) is 11.0. The van der Waals surface area contributed by atoms with Crippen molar-refractivity contribution in [3.05, 3.63) is 23.8 Å². The Bertz CT molecular complexity index is 568. The number of nitrogens with zero attached hydrogens (tertiary/aromatic N) is 2. The van der Waals surface area contributed by atoms with Gasteiger partial charge in [-0.3, -0.25) is 9.59 Å². The second-order valence-corrected chi connectivity index (χ2v) is 5.60. The standard InChI is InChI=1S/C16H24N4O3/c1-19-7-9-20(10-8-19)16(22)12-3-4-14(23-2)13(11-12)18-15(21)5-6-17/h3-4,11H,5-10,17H2,1-2H3,(H,18,21). The molecule has 0 aliphatic carbocycles. The molecular formula is C16H24N4O3. The van der Waals surface area contributed by atoms with Crippen molar-refractivity contribution < 1.29 is 14.3 Å². The van der Waals surface area contributed by atoms with Crippen molar-refractivity contribution in [3.63, 3.8) is 0 Å². The molecule has 1 aliphatic rings. The molecule has 2 rings (SSSR count). The molecule has 1 aromatic rings. The molecule has 1 aromatic carbocycles. The summed E-state index contributed by atoms with van der Waals surface area (Å²) < 4.78 is 5.24. The number of benzene rings is 1. The second kappa shape index (κ2) is 7.94. The summed E-state index contributed by atoms with van der Waals surface area (Å²) in [5, 5.41) is 2.74. The van der Waals surface area contributed by atoms with Crippen LogP contribution in [0.3, 0.4) is 0 Å². The summed E-state index contributed by atoms with van der Waals surface area (Å²) in [6, 6.07) is 5.08. The average molecular weight is 320 g/mol. The fourth-order valence-electron chi connectivity index (χ4n) is 2.47. The van der Waals surface area contributed by atoms with Gasteiger partial charge in [-0.1, -0.05) is 0 Å². The fourth-order valence-corrected chi connectivity index (χ4v) is 2.47. The quantitative estimate of drug-likeness (QED) is 0.818. The Morgan fingerprint density at radius 2 is 1.96 bits per heavy atom. The van der Waals surface area contributed by atoms with Crippen LogP contribution in [-0.2, 0) is 4.79 Å². The van der Waals surface area contributed by atoms with Gasteiger partial charge in [0.25, 0.3) is 5.91 Å². The van der Waals surface area contributed by atoms with Crippen molar-refractivity contribution in [1.82, 2.24) is 9.80 Å². The number of amides is 2. The van der Waals surface area contributed by atoms with Gasteiger partial charge in [-0.25, -0.2) is 0 Å². The Morgan fingerprint density at radius 1 is 1.26 bits per heavy atom. The second-order valence-electron chi connectivity index (χ2n) is 5.60. The molecule has 0 atom stereocenters. The zero-order chi connectivity index (χ0) is 16.8. The molecule has 3 N–H and O–H groups in total. The van der Waals surface area contributed by atoms with Crippen LogP contribution < -0.4 is 15.8 Å². The minimum absolute atomic E-state index is 0.0323. The number of ether oxygens (including phenoxy) is 1. The van der Waals surface area contributed by atoms with Crippen molar-refractivity contribution in [2.75, 3.05) is 52.2 Å². The van der Waals surface area contributed by atoms with Gasteiger partial charge in [0.15, 0.2) is 0 Å². The van der Waals surface area contributed by atoms with Gasteiger partial charge in [0.2, 0.25) is 5.91 Å². The van der Waals surface area contributed by atoms with Gasteiger partial charge in [0.05, 0.1) is 12.8 Å². The highest BCUT2D eigenvalue weighted by Gasteiger charge is 2.21. The summed E-state index contributed by atoms with van der Waals surface area (Å²) in [6.45, 7) is 3.41. The van der Waals surface area contributed by atoms with Gasteiger partial charge in [-0.15, -0.1) is 0 Å². The predicted molar refractivity (Wildman–Crippen MR) is 88.7 cm³/mol. The Labute approximate surface area is 136 Å². The molecule has 7 nitrogen and oxygen atoms in total. The first-order valence-electron chi connectivity index (χ1n) is 7.71. The summed E-state index contributed by atoms with van der Waals surface area (Å²) >= 11 is 0. The van der Waals surface area contributed by atoms with E-state index in [1.807, 2.05) is 11.9 Å². The molecule has 126 valence electrons. The molecule has 7 heteroatoms. The molecule has 0 unspecified atom stereocenters. The number of carbonyl (C=O) groups is 2. The third kappa shape index (κ3) is 4.43. The molecule has 0 aromatic heterocycles. The van der Waals surface area contributed by atoms with E-state index in [0.717, 1.165) is 13.1 Å². The van der Waals surface area contributed by atoms with Crippen LogP contribution in [0.5, 0.6) is 5.75 Å². The van der Waals surface area contributed by atoms with Crippen molar-refractivity contribution in [2.45, 2.75) is 6.42 Å². The molecule has 1 fully saturated rings. The van der Waals surface area contributed by atoms with Crippen LogP contribution in [0.25, 0.3) is 0 Å². The number of nitrogens with two attached hydrogens (primary N) is 1. The number of nitrogens with one attached hydrogen (secondary N) is 1.